The van der Waals surface area contributed by atoms with Gasteiger partial charge in [-0.1, -0.05) is 6.07 Å². The molecule has 1 N–H and O–H groups in total. The standard InChI is InChI=1S/C16H17NO5S2/c1-22-15(18)10-13(14-4-3-9-23-14)17-16(19)11-5-7-12(8-6-11)24(2,20)21/h3-9,13H,10H2,1-2H3,(H,17,19). The lowest BCUT2D eigenvalue weighted by molar-refractivity contribution is -0.141. The van der Waals surface area contributed by atoms with E-state index < -0.39 is 27.8 Å². The Bertz CT molecular complexity index is 811. The molecule has 1 unspecified atom stereocenters. The van der Waals surface area contributed by atoms with Crippen LogP contribution in [0.15, 0.2) is 46.7 Å². The van der Waals surface area contributed by atoms with Gasteiger partial charge in [-0.2, -0.15) is 0 Å². The second kappa shape index (κ2) is 7.59. The van der Waals surface area contributed by atoms with Crippen LogP contribution in [0, 0.1) is 0 Å². The average Bonchev–Trinajstić information content (AvgIpc) is 3.07. The first-order chi connectivity index (χ1) is 11.3. The Morgan fingerprint density at radius 1 is 1.21 bits per heavy atom. The Morgan fingerprint density at radius 2 is 1.88 bits per heavy atom. The Morgan fingerprint density at radius 3 is 2.38 bits per heavy atom. The molecule has 1 aromatic heterocycles. The van der Waals surface area contributed by atoms with Crippen LogP contribution in [0.5, 0.6) is 0 Å². The fraction of sp³-hybridized carbons (Fsp3) is 0.250. The molecule has 1 atom stereocenters. The smallest absolute Gasteiger partial charge is 0.307 e. The fourth-order valence-electron chi connectivity index (χ4n) is 2.06. The van der Waals surface area contributed by atoms with Crippen LogP contribution in [-0.4, -0.2) is 33.7 Å². The molecule has 0 saturated heterocycles. The minimum atomic E-state index is -3.31. The summed E-state index contributed by atoms with van der Waals surface area (Å²) >= 11 is 1.42. The maximum atomic E-state index is 12.4. The Labute approximate surface area is 144 Å². The number of hydrogen-bond donors (Lipinski definition) is 1. The van der Waals surface area contributed by atoms with Gasteiger partial charge in [0.1, 0.15) is 0 Å². The van der Waals surface area contributed by atoms with Gasteiger partial charge in [0.05, 0.1) is 24.5 Å². The molecular weight excluding hydrogens is 350 g/mol. The number of thiophene rings is 1. The van der Waals surface area contributed by atoms with Crippen molar-refractivity contribution < 1.29 is 22.7 Å². The minimum Gasteiger partial charge on any atom is -0.469 e. The van der Waals surface area contributed by atoms with Crippen LogP contribution in [0.3, 0.4) is 0 Å². The number of carbonyl (C=O) groups excluding carboxylic acids is 2. The summed E-state index contributed by atoms with van der Waals surface area (Å²) < 4.78 is 27.6. The Hall–Kier alpha value is -2.19. The van der Waals surface area contributed by atoms with E-state index in [0.717, 1.165) is 11.1 Å². The molecule has 2 rings (SSSR count). The third kappa shape index (κ3) is 4.65. The van der Waals surface area contributed by atoms with Gasteiger partial charge in [0.2, 0.25) is 0 Å². The van der Waals surface area contributed by atoms with E-state index in [1.807, 2.05) is 17.5 Å². The summed E-state index contributed by atoms with van der Waals surface area (Å²) in [5.74, 6) is -0.821. The van der Waals surface area contributed by atoms with Gasteiger partial charge < -0.3 is 10.1 Å². The topological polar surface area (TPSA) is 89.5 Å². The zero-order valence-corrected chi connectivity index (χ0v) is 14.8. The maximum absolute atomic E-state index is 12.4. The highest BCUT2D eigenvalue weighted by molar-refractivity contribution is 7.90. The van der Waals surface area contributed by atoms with Gasteiger partial charge in [-0.3, -0.25) is 9.59 Å². The lowest BCUT2D eigenvalue weighted by Gasteiger charge is -2.16. The molecule has 0 saturated carbocycles. The van der Waals surface area contributed by atoms with Gasteiger partial charge in [0.25, 0.3) is 5.91 Å². The first-order valence-corrected chi connectivity index (χ1v) is 9.79. The Balaban J connectivity index is 2.16. The first-order valence-electron chi connectivity index (χ1n) is 7.02. The van der Waals surface area contributed by atoms with Crippen molar-refractivity contribution in [2.45, 2.75) is 17.4 Å². The highest BCUT2D eigenvalue weighted by Crippen LogP contribution is 2.23. The van der Waals surface area contributed by atoms with E-state index in [9.17, 15) is 18.0 Å². The molecule has 0 spiro atoms. The van der Waals surface area contributed by atoms with Crippen LogP contribution in [0.2, 0.25) is 0 Å². The summed E-state index contributed by atoms with van der Waals surface area (Å²) in [6.45, 7) is 0. The number of rotatable bonds is 6. The first kappa shape index (κ1) is 18.2. The number of ether oxygens (including phenoxy) is 1. The molecule has 0 aliphatic heterocycles. The SMILES string of the molecule is COC(=O)CC(NC(=O)c1ccc(S(C)(=O)=O)cc1)c1cccs1. The molecule has 0 aliphatic carbocycles. The number of sulfone groups is 1. The largest absolute Gasteiger partial charge is 0.469 e. The molecule has 8 heteroatoms. The quantitative estimate of drug-likeness (QED) is 0.791. The second-order valence-electron chi connectivity index (χ2n) is 5.12. The molecule has 1 amide bonds. The summed E-state index contributed by atoms with van der Waals surface area (Å²) in [5, 5.41) is 4.63. The van der Waals surface area contributed by atoms with Crippen LogP contribution in [0.4, 0.5) is 0 Å². The number of carbonyl (C=O) groups is 2. The van der Waals surface area contributed by atoms with Crippen molar-refractivity contribution in [1.29, 1.82) is 0 Å². The maximum Gasteiger partial charge on any atom is 0.307 e. The van der Waals surface area contributed by atoms with Crippen LogP contribution in [0.1, 0.15) is 27.7 Å². The lowest BCUT2D eigenvalue weighted by atomic mass is 10.1. The van der Waals surface area contributed by atoms with Crippen molar-refractivity contribution in [3.8, 4) is 0 Å². The van der Waals surface area contributed by atoms with Crippen molar-refractivity contribution >= 4 is 33.1 Å². The van der Waals surface area contributed by atoms with Crippen LogP contribution in [-0.2, 0) is 19.4 Å². The van der Waals surface area contributed by atoms with Gasteiger partial charge in [0, 0.05) is 16.7 Å². The van der Waals surface area contributed by atoms with Crippen molar-refractivity contribution in [1.82, 2.24) is 5.32 Å². The van der Waals surface area contributed by atoms with E-state index in [1.165, 1.54) is 42.7 Å². The monoisotopic (exact) mass is 367 g/mol. The number of methoxy groups -OCH3 is 1. The minimum absolute atomic E-state index is 0.0180. The summed E-state index contributed by atoms with van der Waals surface area (Å²) in [7, 11) is -2.02. The Kier molecular flexibility index (Phi) is 5.74. The van der Waals surface area contributed by atoms with Gasteiger partial charge in [0.15, 0.2) is 9.84 Å². The second-order valence-corrected chi connectivity index (χ2v) is 8.11. The van der Waals surface area contributed by atoms with E-state index in [4.69, 9.17) is 0 Å². The number of benzene rings is 1. The molecule has 1 aromatic carbocycles. The fourth-order valence-corrected chi connectivity index (χ4v) is 3.47. The molecular formula is C16H17NO5S2. The van der Waals surface area contributed by atoms with Gasteiger partial charge in [-0.05, 0) is 35.7 Å². The molecule has 0 fully saturated rings. The highest BCUT2D eigenvalue weighted by atomic mass is 32.2. The molecule has 128 valence electrons. The molecule has 2 aromatic rings. The van der Waals surface area contributed by atoms with Crippen molar-refractivity contribution in [2.75, 3.05) is 13.4 Å². The lowest BCUT2D eigenvalue weighted by Crippen LogP contribution is -2.30. The molecule has 6 nitrogen and oxygen atoms in total. The normalized spacial score (nSPS) is 12.4. The van der Waals surface area contributed by atoms with E-state index in [1.54, 1.807) is 0 Å². The van der Waals surface area contributed by atoms with Crippen LogP contribution >= 0.6 is 11.3 Å². The summed E-state index contributed by atoms with van der Waals surface area (Å²) in [6.07, 6.45) is 1.12. The molecule has 24 heavy (non-hydrogen) atoms. The highest BCUT2D eigenvalue weighted by Gasteiger charge is 2.20. The molecule has 0 aliphatic rings. The zero-order chi connectivity index (χ0) is 17.7. The summed E-state index contributed by atoms with van der Waals surface area (Å²) in [4.78, 5) is 24.9. The van der Waals surface area contributed by atoms with Gasteiger partial charge in [-0.25, -0.2) is 8.42 Å². The average molecular weight is 367 g/mol. The number of esters is 1. The third-order valence-corrected chi connectivity index (χ3v) is 5.45. The molecule has 1 heterocycles. The molecule has 0 radical (unpaired) electrons. The van der Waals surface area contributed by atoms with E-state index >= 15 is 0 Å². The predicted molar refractivity (Wildman–Crippen MR) is 90.7 cm³/mol. The number of nitrogens with one attached hydrogen (secondary N) is 1. The predicted octanol–water partition coefficient (Wildman–Crippen LogP) is 2.19. The molecule has 0 bridgehead atoms. The summed E-state index contributed by atoms with van der Waals surface area (Å²) in [5.41, 5.74) is 0.314. The zero-order valence-electron chi connectivity index (χ0n) is 13.2. The van der Waals surface area contributed by atoms with Gasteiger partial charge in [-0.15, -0.1) is 11.3 Å². The van der Waals surface area contributed by atoms with Crippen molar-refractivity contribution in [2.24, 2.45) is 0 Å². The van der Waals surface area contributed by atoms with E-state index in [2.05, 4.69) is 10.1 Å². The van der Waals surface area contributed by atoms with Gasteiger partial charge >= 0.3 is 5.97 Å². The number of amides is 1. The van der Waals surface area contributed by atoms with Crippen molar-refractivity contribution in [3.05, 3.63) is 52.2 Å². The van der Waals surface area contributed by atoms with E-state index in [0.29, 0.717) is 5.56 Å². The van der Waals surface area contributed by atoms with Crippen LogP contribution < -0.4 is 5.32 Å². The number of hydrogen-bond acceptors (Lipinski definition) is 6. The van der Waals surface area contributed by atoms with Crippen LogP contribution in [0.25, 0.3) is 0 Å². The van der Waals surface area contributed by atoms with E-state index in [-0.39, 0.29) is 11.3 Å². The van der Waals surface area contributed by atoms with Crippen molar-refractivity contribution in [3.63, 3.8) is 0 Å². The summed E-state index contributed by atoms with van der Waals surface area (Å²) in [6, 6.07) is 8.79. The third-order valence-electron chi connectivity index (χ3n) is 3.34.